The van der Waals surface area contributed by atoms with E-state index in [0.29, 0.717) is 27.7 Å². The molecule has 1 aromatic heterocycles. The largest absolute Gasteiger partial charge is 0.372 e. The SMILES string of the molecule is CNc1nc(NCCCN2CCCCC2C)c(Cl)cc1Cl. The zero-order valence-electron chi connectivity index (χ0n) is 12.8. The second-order valence-corrected chi connectivity index (χ2v) is 6.37. The van der Waals surface area contributed by atoms with Crippen molar-refractivity contribution in [2.24, 2.45) is 0 Å². The van der Waals surface area contributed by atoms with Crippen LogP contribution in [0.1, 0.15) is 32.6 Å². The van der Waals surface area contributed by atoms with Crippen LogP contribution in [0.2, 0.25) is 10.0 Å². The summed E-state index contributed by atoms with van der Waals surface area (Å²) < 4.78 is 0. The lowest BCUT2D eigenvalue weighted by Gasteiger charge is -2.33. The fourth-order valence-electron chi connectivity index (χ4n) is 2.74. The fourth-order valence-corrected chi connectivity index (χ4v) is 3.26. The smallest absolute Gasteiger partial charge is 0.147 e. The minimum Gasteiger partial charge on any atom is -0.372 e. The van der Waals surface area contributed by atoms with Crippen molar-refractivity contribution < 1.29 is 0 Å². The van der Waals surface area contributed by atoms with E-state index in [-0.39, 0.29) is 0 Å². The zero-order valence-corrected chi connectivity index (χ0v) is 14.3. The molecule has 0 aliphatic carbocycles. The van der Waals surface area contributed by atoms with Gasteiger partial charge in [-0.25, -0.2) is 4.98 Å². The van der Waals surface area contributed by atoms with Gasteiger partial charge in [0.25, 0.3) is 0 Å². The molecule has 1 fully saturated rings. The lowest BCUT2D eigenvalue weighted by atomic mass is 10.0. The normalized spacial score (nSPS) is 19.5. The van der Waals surface area contributed by atoms with Crippen LogP contribution in [0.4, 0.5) is 11.6 Å². The minimum atomic E-state index is 0.537. The summed E-state index contributed by atoms with van der Waals surface area (Å²) in [4.78, 5) is 6.96. The number of aromatic nitrogens is 1. The number of hydrogen-bond acceptors (Lipinski definition) is 4. The summed E-state index contributed by atoms with van der Waals surface area (Å²) in [5, 5.41) is 7.36. The second-order valence-electron chi connectivity index (χ2n) is 5.56. The summed E-state index contributed by atoms with van der Waals surface area (Å²) in [5.41, 5.74) is 0. The first kappa shape index (κ1) is 16.7. The Hall–Kier alpha value is -0.710. The summed E-state index contributed by atoms with van der Waals surface area (Å²) in [6.07, 6.45) is 5.10. The molecule has 0 bridgehead atoms. The van der Waals surface area contributed by atoms with Gasteiger partial charge in [0.15, 0.2) is 0 Å². The highest BCUT2D eigenvalue weighted by atomic mass is 35.5. The number of piperidine rings is 1. The van der Waals surface area contributed by atoms with Crippen molar-refractivity contribution in [3.63, 3.8) is 0 Å². The Labute approximate surface area is 137 Å². The third-order valence-corrected chi connectivity index (χ3v) is 4.60. The number of hydrogen-bond donors (Lipinski definition) is 2. The van der Waals surface area contributed by atoms with Crippen LogP contribution in [-0.2, 0) is 0 Å². The standard InChI is InChI=1S/C15H24Cl2N4/c1-11-6-3-4-8-21(11)9-5-7-19-15-13(17)10-12(16)14(18-2)20-15/h10-11H,3-9H2,1-2H3,(H2,18,19,20). The van der Waals surface area contributed by atoms with Crippen molar-refractivity contribution in [1.29, 1.82) is 0 Å². The first-order chi connectivity index (χ1) is 10.1. The molecule has 0 saturated carbocycles. The maximum atomic E-state index is 6.16. The average molecular weight is 331 g/mol. The van der Waals surface area contributed by atoms with E-state index in [0.717, 1.165) is 19.5 Å². The van der Waals surface area contributed by atoms with Crippen molar-refractivity contribution in [1.82, 2.24) is 9.88 Å². The second kappa shape index (κ2) is 8.06. The van der Waals surface area contributed by atoms with E-state index >= 15 is 0 Å². The topological polar surface area (TPSA) is 40.2 Å². The van der Waals surface area contributed by atoms with E-state index in [1.165, 1.54) is 25.8 Å². The molecule has 1 aliphatic heterocycles. The molecule has 21 heavy (non-hydrogen) atoms. The predicted molar refractivity (Wildman–Crippen MR) is 91.8 cm³/mol. The Kier molecular flexibility index (Phi) is 6.40. The van der Waals surface area contributed by atoms with Gasteiger partial charge in [-0.05, 0) is 38.8 Å². The quantitative estimate of drug-likeness (QED) is 0.770. The van der Waals surface area contributed by atoms with E-state index in [9.17, 15) is 0 Å². The molecule has 2 heterocycles. The van der Waals surface area contributed by atoms with Crippen LogP contribution >= 0.6 is 23.2 Å². The van der Waals surface area contributed by atoms with Gasteiger partial charge in [0.1, 0.15) is 11.6 Å². The van der Waals surface area contributed by atoms with Gasteiger partial charge in [-0.15, -0.1) is 0 Å². The first-order valence-electron chi connectivity index (χ1n) is 7.63. The minimum absolute atomic E-state index is 0.537. The zero-order chi connectivity index (χ0) is 15.2. The van der Waals surface area contributed by atoms with E-state index in [1.807, 2.05) is 0 Å². The molecule has 1 unspecified atom stereocenters. The fraction of sp³-hybridized carbons (Fsp3) is 0.667. The maximum Gasteiger partial charge on any atom is 0.147 e. The number of nitrogens with zero attached hydrogens (tertiary/aromatic N) is 2. The lowest BCUT2D eigenvalue weighted by molar-refractivity contribution is 0.160. The van der Waals surface area contributed by atoms with E-state index in [4.69, 9.17) is 23.2 Å². The van der Waals surface area contributed by atoms with Gasteiger partial charge in [-0.1, -0.05) is 29.6 Å². The Balaban J connectivity index is 1.80. The molecular weight excluding hydrogens is 307 g/mol. The van der Waals surface area contributed by atoms with Gasteiger partial charge in [-0.2, -0.15) is 0 Å². The van der Waals surface area contributed by atoms with Crippen molar-refractivity contribution in [2.75, 3.05) is 37.3 Å². The van der Waals surface area contributed by atoms with E-state index in [1.54, 1.807) is 13.1 Å². The van der Waals surface area contributed by atoms with Gasteiger partial charge in [0.2, 0.25) is 0 Å². The van der Waals surface area contributed by atoms with Crippen molar-refractivity contribution in [3.8, 4) is 0 Å². The molecule has 0 aromatic carbocycles. The molecule has 0 amide bonds. The molecule has 2 rings (SSSR count). The van der Waals surface area contributed by atoms with Crippen LogP contribution < -0.4 is 10.6 Å². The Morgan fingerprint density at radius 1 is 1.29 bits per heavy atom. The molecule has 2 N–H and O–H groups in total. The molecule has 0 radical (unpaired) electrons. The van der Waals surface area contributed by atoms with E-state index < -0.39 is 0 Å². The Morgan fingerprint density at radius 3 is 2.76 bits per heavy atom. The van der Waals surface area contributed by atoms with Crippen molar-refractivity contribution in [2.45, 2.75) is 38.6 Å². The number of likely N-dealkylation sites (tertiary alicyclic amines) is 1. The first-order valence-corrected chi connectivity index (χ1v) is 8.39. The molecule has 6 heteroatoms. The summed E-state index contributed by atoms with van der Waals surface area (Å²) >= 11 is 12.2. The highest BCUT2D eigenvalue weighted by Crippen LogP contribution is 2.28. The maximum absolute atomic E-state index is 6.16. The van der Waals surface area contributed by atoms with Crippen LogP contribution in [0.5, 0.6) is 0 Å². The summed E-state index contributed by atoms with van der Waals surface area (Å²) in [7, 11) is 1.80. The van der Waals surface area contributed by atoms with Gasteiger partial charge in [0.05, 0.1) is 10.0 Å². The molecule has 1 aliphatic rings. The van der Waals surface area contributed by atoms with Crippen LogP contribution in [0.25, 0.3) is 0 Å². The van der Waals surface area contributed by atoms with E-state index in [2.05, 4.69) is 27.4 Å². The average Bonchev–Trinajstić information content (AvgIpc) is 2.47. The van der Waals surface area contributed by atoms with Crippen LogP contribution in [-0.4, -0.2) is 42.6 Å². The third kappa shape index (κ3) is 4.63. The molecular formula is C15H24Cl2N4. The summed E-state index contributed by atoms with van der Waals surface area (Å²) in [5.74, 6) is 1.34. The molecule has 1 saturated heterocycles. The monoisotopic (exact) mass is 330 g/mol. The predicted octanol–water partition coefficient (Wildman–Crippen LogP) is 4.11. The van der Waals surface area contributed by atoms with Gasteiger partial charge in [-0.3, -0.25) is 0 Å². The number of nitrogens with one attached hydrogen (secondary N) is 2. The van der Waals surface area contributed by atoms with Gasteiger partial charge in [0, 0.05) is 26.2 Å². The number of anilines is 2. The lowest BCUT2D eigenvalue weighted by Crippen LogP contribution is -2.38. The number of rotatable bonds is 6. The van der Waals surface area contributed by atoms with Crippen LogP contribution in [0.15, 0.2) is 6.07 Å². The summed E-state index contributed by atoms with van der Waals surface area (Å²) in [6, 6.07) is 2.43. The third-order valence-electron chi connectivity index (χ3n) is 4.02. The van der Waals surface area contributed by atoms with Crippen molar-refractivity contribution in [3.05, 3.63) is 16.1 Å². The van der Waals surface area contributed by atoms with Crippen LogP contribution in [0, 0.1) is 0 Å². The molecule has 1 aromatic rings. The highest BCUT2D eigenvalue weighted by molar-refractivity contribution is 6.37. The number of halogens is 2. The summed E-state index contributed by atoms with van der Waals surface area (Å²) in [6.45, 7) is 5.54. The number of pyridine rings is 1. The van der Waals surface area contributed by atoms with Crippen LogP contribution in [0.3, 0.4) is 0 Å². The molecule has 4 nitrogen and oxygen atoms in total. The molecule has 118 valence electrons. The Bertz CT molecular complexity index is 467. The molecule has 0 spiro atoms. The van der Waals surface area contributed by atoms with Gasteiger partial charge < -0.3 is 15.5 Å². The van der Waals surface area contributed by atoms with Gasteiger partial charge >= 0.3 is 0 Å². The Morgan fingerprint density at radius 2 is 2.05 bits per heavy atom. The van der Waals surface area contributed by atoms with Crippen molar-refractivity contribution >= 4 is 34.8 Å². The molecule has 1 atom stereocenters. The highest BCUT2D eigenvalue weighted by Gasteiger charge is 2.17.